The SMILES string of the molecule is COc1cccc(CCC(=O)Nc2nc(-c3ccc(N(C)S(C)(=O)=O)cc3)cs2)c1OC. The zero-order valence-corrected chi connectivity index (χ0v) is 19.9. The molecule has 2 aromatic carbocycles. The maximum atomic E-state index is 12.4. The Morgan fingerprint density at radius 3 is 2.47 bits per heavy atom. The van der Waals surface area contributed by atoms with Crippen LogP contribution < -0.4 is 19.1 Å². The van der Waals surface area contributed by atoms with Gasteiger partial charge in [-0.2, -0.15) is 0 Å². The third kappa shape index (κ3) is 5.57. The molecule has 1 aromatic heterocycles. The molecule has 0 aliphatic rings. The van der Waals surface area contributed by atoms with E-state index in [-0.39, 0.29) is 12.3 Å². The van der Waals surface area contributed by atoms with Crippen molar-refractivity contribution < 1.29 is 22.7 Å². The number of nitrogens with zero attached hydrogens (tertiary/aromatic N) is 2. The molecule has 3 rings (SSSR count). The van der Waals surface area contributed by atoms with Crippen LogP contribution in [0.25, 0.3) is 11.3 Å². The average Bonchev–Trinajstić information content (AvgIpc) is 3.24. The summed E-state index contributed by atoms with van der Waals surface area (Å²) in [6.07, 6.45) is 1.92. The van der Waals surface area contributed by atoms with Crippen molar-refractivity contribution in [2.75, 3.05) is 37.1 Å². The molecule has 170 valence electrons. The molecule has 0 saturated carbocycles. The van der Waals surface area contributed by atoms with Crippen molar-refractivity contribution >= 4 is 38.1 Å². The number of carbonyl (C=O) groups is 1. The molecule has 0 saturated heterocycles. The van der Waals surface area contributed by atoms with E-state index in [9.17, 15) is 13.2 Å². The first-order valence-electron chi connectivity index (χ1n) is 9.72. The lowest BCUT2D eigenvalue weighted by atomic mass is 10.1. The first-order chi connectivity index (χ1) is 15.2. The summed E-state index contributed by atoms with van der Waals surface area (Å²) in [6, 6.07) is 12.6. The number of para-hydroxylation sites is 1. The molecule has 10 heteroatoms. The van der Waals surface area contributed by atoms with E-state index < -0.39 is 10.0 Å². The number of nitrogens with one attached hydrogen (secondary N) is 1. The first-order valence-corrected chi connectivity index (χ1v) is 12.5. The summed E-state index contributed by atoms with van der Waals surface area (Å²) in [4.78, 5) is 16.9. The smallest absolute Gasteiger partial charge is 0.231 e. The second-order valence-electron chi connectivity index (χ2n) is 7.02. The number of rotatable bonds is 9. The zero-order valence-electron chi connectivity index (χ0n) is 18.3. The van der Waals surface area contributed by atoms with Gasteiger partial charge in [-0.3, -0.25) is 9.10 Å². The third-order valence-electron chi connectivity index (χ3n) is 4.88. The first kappa shape index (κ1) is 23.6. The fourth-order valence-corrected chi connectivity index (χ4v) is 4.32. The Labute approximate surface area is 191 Å². The fraction of sp³-hybridized carbons (Fsp3) is 0.273. The van der Waals surface area contributed by atoms with Gasteiger partial charge in [0.15, 0.2) is 16.6 Å². The molecule has 0 spiro atoms. The van der Waals surface area contributed by atoms with E-state index >= 15 is 0 Å². The van der Waals surface area contributed by atoms with Crippen molar-refractivity contribution in [2.45, 2.75) is 12.8 Å². The van der Waals surface area contributed by atoms with Crippen LogP contribution in [0.1, 0.15) is 12.0 Å². The van der Waals surface area contributed by atoms with Gasteiger partial charge in [0.05, 0.1) is 31.9 Å². The van der Waals surface area contributed by atoms with Gasteiger partial charge in [-0.15, -0.1) is 11.3 Å². The molecular formula is C22H25N3O5S2. The highest BCUT2D eigenvalue weighted by Gasteiger charge is 2.14. The number of carbonyl (C=O) groups excluding carboxylic acids is 1. The Morgan fingerprint density at radius 2 is 1.84 bits per heavy atom. The van der Waals surface area contributed by atoms with Crippen LogP contribution in [0, 0.1) is 0 Å². The Kier molecular flexibility index (Phi) is 7.37. The zero-order chi connectivity index (χ0) is 23.3. The number of benzene rings is 2. The topological polar surface area (TPSA) is 97.8 Å². The van der Waals surface area contributed by atoms with Crippen LogP contribution in [0.2, 0.25) is 0 Å². The molecule has 0 aliphatic carbocycles. The quantitative estimate of drug-likeness (QED) is 0.506. The lowest BCUT2D eigenvalue weighted by Gasteiger charge is -2.16. The number of methoxy groups -OCH3 is 2. The molecule has 1 N–H and O–H groups in total. The molecule has 0 aliphatic heterocycles. The summed E-state index contributed by atoms with van der Waals surface area (Å²) in [5, 5.41) is 5.17. The van der Waals surface area contributed by atoms with Gasteiger partial charge in [-0.25, -0.2) is 13.4 Å². The summed E-state index contributed by atoms with van der Waals surface area (Å²) in [6.45, 7) is 0. The minimum Gasteiger partial charge on any atom is -0.493 e. The minimum absolute atomic E-state index is 0.152. The molecule has 0 atom stereocenters. The largest absolute Gasteiger partial charge is 0.493 e. The Morgan fingerprint density at radius 1 is 1.12 bits per heavy atom. The summed E-state index contributed by atoms with van der Waals surface area (Å²) in [5.74, 6) is 1.11. The van der Waals surface area contributed by atoms with E-state index in [1.807, 2.05) is 23.6 Å². The summed E-state index contributed by atoms with van der Waals surface area (Å²) in [5.41, 5.74) is 2.98. The van der Waals surface area contributed by atoms with Gasteiger partial charge < -0.3 is 14.8 Å². The molecule has 0 fully saturated rings. The van der Waals surface area contributed by atoms with Gasteiger partial charge in [0, 0.05) is 24.4 Å². The molecule has 0 unspecified atom stereocenters. The summed E-state index contributed by atoms with van der Waals surface area (Å²) in [7, 11) is 1.33. The molecule has 0 bridgehead atoms. The van der Waals surface area contributed by atoms with Crippen LogP contribution in [-0.4, -0.2) is 46.8 Å². The fourth-order valence-electron chi connectivity index (χ4n) is 3.08. The second-order valence-corrected chi connectivity index (χ2v) is 9.89. The van der Waals surface area contributed by atoms with Crippen molar-refractivity contribution in [1.82, 2.24) is 4.98 Å². The van der Waals surface area contributed by atoms with Crippen molar-refractivity contribution in [3.05, 3.63) is 53.4 Å². The molecule has 32 heavy (non-hydrogen) atoms. The van der Waals surface area contributed by atoms with Crippen LogP contribution in [-0.2, 0) is 21.2 Å². The second kappa shape index (κ2) is 10.0. The van der Waals surface area contributed by atoms with Gasteiger partial charge in [0.2, 0.25) is 15.9 Å². The monoisotopic (exact) mass is 475 g/mol. The van der Waals surface area contributed by atoms with Crippen LogP contribution in [0.5, 0.6) is 11.5 Å². The number of aromatic nitrogens is 1. The maximum Gasteiger partial charge on any atom is 0.231 e. The van der Waals surface area contributed by atoms with E-state index in [2.05, 4.69) is 10.3 Å². The summed E-state index contributed by atoms with van der Waals surface area (Å²) < 4.78 is 35.2. The molecule has 0 radical (unpaired) electrons. The lowest BCUT2D eigenvalue weighted by Crippen LogP contribution is -2.24. The number of sulfonamides is 1. The average molecular weight is 476 g/mol. The maximum absolute atomic E-state index is 12.4. The van der Waals surface area contributed by atoms with E-state index in [1.54, 1.807) is 38.5 Å². The number of hydrogen-bond donors (Lipinski definition) is 1. The van der Waals surface area contributed by atoms with Crippen molar-refractivity contribution in [2.24, 2.45) is 0 Å². The van der Waals surface area contributed by atoms with Crippen LogP contribution in [0.4, 0.5) is 10.8 Å². The van der Waals surface area contributed by atoms with Gasteiger partial charge in [-0.1, -0.05) is 24.3 Å². The number of hydrogen-bond acceptors (Lipinski definition) is 7. The van der Waals surface area contributed by atoms with Gasteiger partial charge >= 0.3 is 0 Å². The summed E-state index contributed by atoms with van der Waals surface area (Å²) >= 11 is 1.33. The van der Waals surface area contributed by atoms with E-state index in [4.69, 9.17) is 9.47 Å². The lowest BCUT2D eigenvalue weighted by molar-refractivity contribution is -0.116. The van der Waals surface area contributed by atoms with Crippen molar-refractivity contribution in [1.29, 1.82) is 0 Å². The van der Waals surface area contributed by atoms with Crippen molar-refractivity contribution in [3.8, 4) is 22.8 Å². The third-order valence-corrected chi connectivity index (χ3v) is 6.84. The predicted molar refractivity (Wildman–Crippen MR) is 127 cm³/mol. The van der Waals surface area contributed by atoms with E-state index in [0.29, 0.717) is 34.4 Å². The van der Waals surface area contributed by atoms with E-state index in [0.717, 1.165) is 17.4 Å². The highest BCUT2D eigenvalue weighted by atomic mass is 32.2. The van der Waals surface area contributed by atoms with Crippen LogP contribution in [0.3, 0.4) is 0 Å². The standard InChI is InChI=1S/C22H25N3O5S2/c1-25(32(4,27)28)17-11-8-15(9-12-17)18-14-31-22(23-18)24-20(26)13-10-16-6-5-7-19(29-2)21(16)30-3/h5-9,11-12,14H,10,13H2,1-4H3,(H,23,24,26). The Hall–Kier alpha value is -3.11. The van der Waals surface area contributed by atoms with Gasteiger partial charge in [0.1, 0.15) is 0 Å². The molecule has 1 heterocycles. The predicted octanol–water partition coefficient (Wildman–Crippen LogP) is 3.79. The minimum atomic E-state index is -3.32. The number of aryl methyl sites for hydroxylation is 1. The Bertz CT molecular complexity index is 1190. The normalized spacial score (nSPS) is 11.1. The Balaban J connectivity index is 1.62. The molecule has 3 aromatic rings. The van der Waals surface area contributed by atoms with Gasteiger partial charge in [-0.05, 0) is 30.2 Å². The number of ether oxygens (including phenoxy) is 2. The number of thiazole rings is 1. The number of amides is 1. The van der Waals surface area contributed by atoms with Gasteiger partial charge in [0.25, 0.3) is 0 Å². The highest BCUT2D eigenvalue weighted by molar-refractivity contribution is 7.92. The highest BCUT2D eigenvalue weighted by Crippen LogP contribution is 2.32. The molecule has 8 nitrogen and oxygen atoms in total. The van der Waals surface area contributed by atoms with Crippen molar-refractivity contribution in [3.63, 3.8) is 0 Å². The molecule has 1 amide bonds. The van der Waals surface area contributed by atoms with Crippen LogP contribution in [0.15, 0.2) is 47.8 Å². The van der Waals surface area contributed by atoms with E-state index in [1.165, 1.54) is 22.7 Å². The van der Waals surface area contributed by atoms with Crippen LogP contribution >= 0.6 is 11.3 Å². The number of anilines is 2. The molecular weight excluding hydrogens is 450 g/mol.